The van der Waals surface area contributed by atoms with Crippen LogP contribution in [0.3, 0.4) is 0 Å². The van der Waals surface area contributed by atoms with Gasteiger partial charge in [-0.1, -0.05) is 0 Å². The first-order chi connectivity index (χ1) is 4.88. The van der Waals surface area contributed by atoms with Gasteiger partial charge in [0.25, 0.3) is 0 Å². The van der Waals surface area contributed by atoms with E-state index in [1.807, 2.05) is 0 Å². The van der Waals surface area contributed by atoms with E-state index in [1.165, 1.54) is 19.4 Å². The number of thiol groups is 1. The standard InChI is InChI=1S/C7H16N2S/c8-6-7-2-1-3-9(7)4-5-10/h7,10H,1-6,8H2. The average molecular weight is 160 g/mol. The number of hydrogen-bond donors (Lipinski definition) is 2. The fourth-order valence-electron chi connectivity index (χ4n) is 1.58. The lowest BCUT2D eigenvalue weighted by Crippen LogP contribution is -2.36. The first-order valence-corrected chi connectivity index (χ1v) is 4.56. The van der Waals surface area contributed by atoms with E-state index >= 15 is 0 Å². The van der Waals surface area contributed by atoms with Gasteiger partial charge in [0.05, 0.1) is 0 Å². The van der Waals surface area contributed by atoms with Crippen LogP contribution in [-0.2, 0) is 0 Å². The average Bonchev–Trinajstić information content (AvgIpc) is 2.36. The lowest BCUT2D eigenvalue weighted by atomic mass is 10.2. The zero-order valence-electron chi connectivity index (χ0n) is 6.29. The molecule has 1 atom stereocenters. The Morgan fingerprint density at radius 2 is 2.40 bits per heavy atom. The second kappa shape index (κ2) is 4.21. The minimum Gasteiger partial charge on any atom is -0.329 e. The molecule has 1 unspecified atom stereocenters. The van der Waals surface area contributed by atoms with E-state index < -0.39 is 0 Å². The van der Waals surface area contributed by atoms with Gasteiger partial charge in [0, 0.05) is 24.9 Å². The van der Waals surface area contributed by atoms with Gasteiger partial charge < -0.3 is 5.73 Å². The smallest absolute Gasteiger partial charge is 0.0219 e. The van der Waals surface area contributed by atoms with E-state index in [0.29, 0.717) is 6.04 Å². The third-order valence-electron chi connectivity index (χ3n) is 2.16. The highest BCUT2D eigenvalue weighted by atomic mass is 32.1. The lowest BCUT2D eigenvalue weighted by Gasteiger charge is -2.21. The molecule has 0 aromatic carbocycles. The second-order valence-corrected chi connectivity index (χ2v) is 3.24. The minimum absolute atomic E-state index is 0.646. The second-order valence-electron chi connectivity index (χ2n) is 2.79. The van der Waals surface area contributed by atoms with Crippen molar-refractivity contribution in [1.29, 1.82) is 0 Å². The van der Waals surface area contributed by atoms with E-state index in [4.69, 9.17) is 5.73 Å². The number of hydrogen-bond acceptors (Lipinski definition) is 3. The molecule has 2 N–H and O–H groups in total. The van der Waals surface area contributed by atoms with Crippen molar-refractivity contribution in [2.75, 3.05) is 25.4 Å². The van der Waals surface area contributed by atoms with E-state index in [2.05, 4.69) is 17.5 Å². The van der Waals surface area contributed by atoms with Crippen LogP contribution in [-0.4, -0.2) is 36.3 Å². The Morgan fingerprint density at radius 3 is 3.00 bits per heavy atom. The van der Waals surface area contributed by atoms with Gasteiger partial charge in [-0.15, -0.1) is 0 Å². The summed E-state index contributed by atoms with van der Waals surface area (Å²) in [5.74, 6) is 0.955. The fourth-order valence-corrected chi connectivity index (χ4v) is 1.84. The van der Waals surface area contributed by atoms with Gasteiger partial charge in [-0.3, -0.25) is 4.90 Å². The Morgan fingerprint density at radius 1 is 1.60 bits per heavy atom. The van der Waals surface area contributed by atoms with Crippen LogP contribution < -0.4 is 5.73 Å². The summed E-state index contributed by atoms with van der Waals surface area (Å²) >= 11 is 4.19. The highest BCUT2D eigenvalue weighted by molar-refractivity contribution is 7.80. The quantitative estimate of drug-likeness (QED) is 0.583. The first kappa shape index (κ1) is 8.37. The molecule has 0 spiro atoms. The van der Waals surface area contributed by atoms with E-state index in [1.54, 1.807) is 0 Å². The number of rotatable bonds is 3. The molecule has 60 valence electrons. The maximum atomic E-state index is 5.59. The van der Waals surface area contributed by atoms with Crippen molar-refractivity contribution in [3.05, 3.63) is 0 Å². The molecule has 0 bridgehead atoms. The maximum absolute atomic E-state index is 5.59. The van der Waals surface area contributed by atoms with Crippen LogP contribution in [0.25, 0.3) is 0 Å². The van der Waals surface area contributed by atoms with Gasteiger partial charge >= 0.3 is 0 Å². The number of nitrogens with two attached hydrogens (primary N) is 1. The minimum atomic E-state index is 0.646. The predicted octanol–water partition coefficient (Wildman–Crippen LogP) is 0.339. The monoisotopic (exact) mass is 160 g/mol. The highest BCUT2D eigenvalue weighted by Crippen LogP contribution is 2.15. The van der Waals surface area contributed by atoms with E-state index in [0.717, 1.165) is 18.8 Å². The SMILES string of the molecule is NCC1CCCN1CCS. The van der Waals surface area contributed by atoms with Crippen molar-refractivity contribution < 1.29 is 0 Å². The van der Waals surface area contributed by atoms with E-state index in [-0.39, 0.29) is 0 Å². The number of likely N-dealkylation sites (tertiary alicyclic amines) is 1. The van der Waals surface area contributed by atoms with Crippen molar-refractivity contribution in [2.45, 2.75) is 18.9 Å². The van der Waals surface area contributed by atoms with Crippen LogP contribution in [0.2, 0.25) is 0 Å². The molecule has 0 aliphatic carbocycles. The topological polar surface area (TPSA) is 29.3 Å². The molecule has 1 saturated heterocycles. The molecule has 1 rings (SSSR count). The summed E-state index contributed by atoms with van der Waals surface area (Å²) in [4.78, 5) is 2.44. The summed E-state index contributed by atoms with van der Waals surface area (Å²) in [5.41, 5.74) is 5.59. The molecule has 3 heteroatoms. The van der Waals surface area contributed by atoms with Crippen LogP contribution in [0.5, 0.6) is 0 Å². The summed E-state index contributed by atoms with van der Waals surface area (Å²) in [5, 5.41) is 0. The molecule has 1 aliphatic heterocycles. The molecule has 0 saturated carbocycles. The highest BCUT2D eigenvalue weighted by Gasteiger charge is 2.21. The third-order valence-corrected chi connectivity index (χ3v) is 2.36. The summed E-state index contributed by atoms with van der Waals surface area (Å²) in [6.45, 7) is 3.14. The zero-order valence-corrected chi connectivity index (χ0v) is 7.19. The summed E-state index contributed by atoms with van der Waals surface area (Å²) in [6, 6.07) is 0.646. The van der Waals surface area contributed by atoms with Gasteiger partial charge in [-0.2, -0.15) is 12.6 Å². The fraction of sp³-hybridized carbons (Fsp3) is 1.00. The molecular formula is C7H16N2S. The van der Waals surface area contributed by atoms with Gasteiger partial charge in [-0.05, 0) is 19.4 Å². The van der Waals surface area contributed by atoms with Crippen molar-refractivity contribution >= 4 is 12.6 Å². The Hall–Kier alpha value is 0.270. The Kier molecular flexibility index (Phi) is 3.52. The van der Waals surface area contributed by atoms with E-state index in [9.17, 15) is 0 Å². The summed E-state index contributed by atoms with van der Waals surface area (Å²) < 4.78 is 0. The summed E-state index contributed by atoms with van der Waals surface area (Å²) in [7, 11) is 0. The molecule has 0 radical (unpaired) electrons. The van der Waals surface area contributed by atoms with Gasteiger partial charge in [0.2, 0.25) is 0 Å². The molecular weight excluding hydrogens is 144 g/mol. The molecule has 0 amide bonds. The van der Waals surface area contributed by atoms with Crippen molar-refractivity contribution in [2.24, 2.45) is 5.73 Å². The first-order valence-electron chi connectivity index (χ1n) is 3.93. The molecule has 2 nitrogen and oxygen atoms in total. The van der Waals surface area contributed by atoms with Crippen LogP contribution in [0.4, 0.5) is 0 Å². The van der Waals surface area contributed by atoms with Gasteiger partial charge in [0.1, 0.15) is 0 Å². The van der Waals surface area contributed by atoms with Crippen molar-refractivity contribution in [1.82, 2.24) is 4.90 Å². The lowest BCUT2D eigenvalue weighted by molar-refractivity contribution is 0.275. The molecule has 0 aromatic rings. The van der Waals surface area contributed by atoms with Crippen molar-refractivity contribution in [3.8, 4) is 0 Å². The Balaban J connectivity index is 2.27. The van der Waals surface area contributed by atoms with Crippen LogP contribution in [0.1, 0.15) is 12.8 Å². The Bertz CT molecular complexity index is 97.6. The molecule has 1 fully saturated rings. The normalized spacial score (nSPS) is 27.6. The van der Waals surface area contributed by atoms with Crippen LogP contribution in [0, 0.1) is 0 Å². The van der Waals surface area contributed by atoms with Gasteiger partial charge in [-0.25, -0.2) is 0 Å². The predicted molar refractivity (Wildman–Crippen MR) is 47.5 cm³/mol. The molecule has 1 aliphatic rings. The van der Waals surface area contributed by atoms with Gasteiger partial charge in [0.15, 0.2) is 0 Å². The largest absolute Gasteiger partial charge is 0.329 e. The van der Waals surface area contributed by atoms with Crippen molar-refractivity contribution in [3.63, 3.8) is 0 Å². The summed E-state index contributed by atoms with van der Waals surface area (Å²) in [6.07, 6.45) is 2.60. The maximum Gasteiger partial charge on any atom is 0.0219 e. The number of nitrogens with zero attached hydrogens (tertiary/aromatic N) is 1. The molecule has 0 aromatic heterocycles. The van der Waals surface area contributed by atoms with Crippen LogP contribution in [0.15, 0.2) is 0 Å². The molecule has 1 heterocycles. The Labute approximate surface area is 68.2 Å². The molecule has 10 heavy (non-hydrogen) atoms. The third kappa shape index (κ3) is 1.87. The van der Waals surface area contributed by atoms with Crippen LogP contribution >= 0.6 is 12.6 Å². The zero-order chi connectivity index (χ0) is 7.40.